The Kier molecular flexibility index (Phi) is 4.47. The lowest BCUT2D eigenvalue weighted by Crippen LogP contribution is -2.32. The summed E-state index contributed by atoms with van der Waals surface area (Å²) in [6.45, 7) is 1.87. The zero-order valence-corrected chi connectivity index (χ0v) is 16.7. The third-order valence-electron chi connectivity index (χ3n) is 5.98. The Morgan fingerprint density at radius 2 is 2.00 bits per heavy atom. The standard InChI is InChI=1S/C23H23N5O2/c1-13-18-11-19(15-9-14-5-2-3-8-20(14)25-12-15)22(30)28(21(18)27-23(24)26-13)16-6-4-7-17(29)10-16/h2-3,5,8-9,11-12,16-17,29H,4,6-7,10H2,1H3,(H2,24,26,27). The fourth-order valence-electron chi connectivity index (χ4n) is 4.51. The van der Waals surface area contributed by atoms with E-state index in [1.54, 1.807) is 10.8 Å². The van der Waals surface area contributed by atoms with Crippen LogP contribution in [0.2, 0.25) is 0 Å². The Morgan fingerprint density at radius 3 is 2.83 bits per heavy atom. The Hall–Kier alpha value is -3.32. The van der Waals surface area contributed by atoms with E-state index in [0.29, 0.717) is 17.6 Å². The summed E-state index contributed by atoms with van der Waals surface area (Å²) in [7, 11) is 0. The van der Waals surface area contributed by atoms with E-state index in [4.69, 9.17) is 5.73 Å². The van der Waals surface area contributed by atoms with Crippen LogP contribution in [0.25, 0.3) is 33.1 Å². The van der Waals surface area contributed by atoms with Crippen LogP contribution in [0.3, 0.4) is 0 Å². The molecule has 7 nitrogen and oxygen atoms in total. The topological polar surface area (TPSA) is 107 Å². The predicted molar refractivity (Wildman–Crippen MR) is 117 cm³/mol. The number of rotatable bonds is 2. The number of nitrogens with zero attached hydrogens (tertiary/aromatic N) is 4. The summed E-state index contributed by atoms with van der Waals surface area (Å²) in [6, 6.07) is 11.5. The van der Waals surface area contributed by atoms with E-state index in [2.05, 4.69) is 15.0 Å². The minimum atomic E-state index is -0.419. The maximum absolute atomic E-state index is 13.7. The number of aliphatic hydroxyl groups is 1. The fourth-order valence-corrected chi connectivity index (χ4v) is 4.51. The number of para-hydroxylation sites is 1. The highest BCUT2D eigenvalue weighted by Gasteiger charge is 2.26. The molecule has 1 fully saturated rings. The lowest BCUT2D eigenvalue weighted by molar-refractivity contribution is 0.104. The molecule has 2 unspecified atom stereocenters. The highest BCUT2D eigenvalue weighted by molar-refractivity contribution is 5.87. The summed E-state index contributed by atoms with van der Waals surface area (Å²) >= 11 is 0. The van der Waals surface area contributed by atoms with Crippen LogP contribution in [-0.2, 0) is 0 Å². The minimum Gasteiger partial charge on any atom is -0.393 e. The number of hydrogen-bond acceptors (Lipinski definition) is 6. The van der Waals surface area contributed by atoms with E-state index in [-0.39, 0.29) is 17.5 Å². The summed E-state index contributed by atoms with van der Waals surface area (Å²) < 4.78 is 1.72. The van der Waals surface area contributed by atoms with Crippen molar-refractivity contribution >= 4 is 27.9 Å². The number of nitrogens with two attached hydrogens (primary N) is 1. The molecule has 1 saturated carbocycles. The second kappa shape index (κ2) is 7.18. The van der Waals surface area contributed by atoms with Gasteiger partial charge >= 0.3 is 0 Å². The summed E-state index contributed by atoms with van der Waals surface area (Å²) in [5, 5.41) is 12.0. The average molecular weight is 401 g/mol. The van der Waals surface area contributed by atoms with Crippen molar-refractivity contribution in [2.24, 2.45) is 0 Å². The van der Waals surface area contributed by atoms with Gasteiger partial charge in [-0.2, -0.15) is 4.98 Å². The molecule has 30 heavy (non-hydrogen) atoms. The Balaban J connectivity index is 1.80. The summed E-state index contributed by atoms with van der Waals surface area (Å²) in [5.41, 5.74) is 9.21. The van der Waals surface area contributed by atoms with E-state index >= 15 is 0 Å². The molecular weight excluding hydrogens is 378 g/mol. The predicted octanol–water partition coefficient (Wildman–Crippen LogP) is 3.37. The zero-order valence-electron chi connectivity index (χ0n) is 16.7. The molecule has 1 aliphatic rings. The molecule has 1 aromatic carbocycles. The molecule has 2 atom stereocenters. The van der Waals surface area contributed by atoms with Crippen molar-refractivity contribution in [1.29, 1.82) is 0 Å². The molecular formula is C23H23N5O2. The normalized spacial score (nSPS) is 19.4. The molecule has 0 bridgehead atoms. The van der Waals surface area contributed by atoms with Crippen molar-refractivity contribution in [1.82, 2.24) is 19.5 Å². The largest absolute Gasteiger partial charge is 0.393 e. The van der Waals surface area contributed by atoms with Gasteiger partial charge in [0.15, 0.2) is 0 Å². The zero-order chi connectivity index (χ0) is 20.8. The summed E-state index contributed by atoms with van der Waals surface area (Å²) in [6.07, 6.45) is 4.27. The van der Waals surface area contributed by atoms with Crippen molar-refractivity contribution in [2.45, 2.75) is 44.8 Å². The van der Waals surface area contributed by atoms with Gasteiger partial charge < -0.3 is 10.8 Å². The van der Waals surface area contributed by atoms with Gasteiger partial charge in [0.1, 0.15) is 5.65 Å². The molecule has 0 amide bonds. The second-order valence-electron chi connectivity index (χ2n) is 8.03. The summed E-state index contributed by atoms with van der Waals surface area (Å²) in [5.74, 6) is 0.143. The van der Waals surface area contributed by atoms with E-state index < -0.39 is 6.10 Å². The van der Waals surface area contributed by atoms with Crippen LogP contribution in [-0.4, -0.2) is 30.7 Å². The molecule has 3 heterocycles. The van der Waals surface area contributed by atoms with Crippen molar-refractivity contribution < 1.29 is 5.11 Å². The number of nitrogen functional groups attached to an aromatic ring is 1. The van der Waals surface area contributed by atoms with Crippen LogP contribution in [0, 0.1) is 6.92 Å². The van der Waals surface area contributed by atoms with E-state index in [0.717, 1.165) is 46.8 Å². The van der Waals surface area contributed by atoms with Crippen LogP contribution in [0.4, 0.5) is 5.95 Å². The van der Waals surface area contributed by atoms with E-state index in [9.17, 15) is 9.90 Å². The maximum Gasteiger partial charge on any atom is 0.260 e. The molecule has 3 aromatic heterocycles. The van der Waals surface area contributed by atoms with Gasteiger partial charge in [-0.3, -0.25) is 14.3 Å². The van der Waals surface area contributed by atoms with Crippen LogP contribution in [0.5, 0.6) is 0 Å². The number of hydrogen-bond donors (Lipinski definition) is 2. The first-order valence-corrected chi connectivity index (χ1v) is 10.2. The first-order chi connectivity index (χ1) is 14.5. The summed E-state index contributed by atoms with van der Waals surface area (Å²) in [4.78, 5) is 26.9. The SMILES string of the molecule is Cc1nc(N)nc2c1cc(-c1cnc3ccccc3c1)c(=O)n2C1CCCC(O)C1. The van der Waals surface area contributed by atoms with Crippen molar-refractivity contribution in [3.63, 3.8) is 0 Å². The fraction of sp³-hybridized carbons (Fsp3) is 0.304. The number of aliphatic hydroxyl groups excluding tert-OH is 1. The van der Waals surface area contributed by atoms with Gasteiger partial charge in [-0.25, -0.2) is 4.98 Å². The number of fused-ring (bicyclic) bond motifs is 2. The molecule has 3 N–H and O–H groups in total. The quantitative estimate of drug-likeness (QED) is 0.533. The highest BCUT2D eigenvalue weighted by atomic mass is 16.3. The van der Waals surface area contributed by atoms with Gasteiger partial charge in [-0.15, -0.1) is 0 Å². The number of anilines is 1. The molecule has 0 aliphatic heterocycles. The minimum absolute atomic E-state index is 0.134. The second-order valence-corrected chi connectivity index (χ2v) is 8.03. The first-order valence-electron chi connectivity index (χ1n) is 10.2. The number of benzene rings is 1. The number of aromatic nitrogens is 4. The van der Waals surface area contributed by atoms with Gasteiger partial charge in [0.25, 0.3) is 5.56 Å². The third kappa shape index (κ3) is 3.11. The van der Waals surface area contributed by atoms with Crippen molar-refractivity contribution in [3.05, 3.63) is 58.6 Å². The monoisotopic (exact) mass is 401 g/mol. The molecule has 0 spiro atoms. The van der Waals surface area contributed by atoms with E-state index in [1.165, 1.54) is 0 Å². The molecule has 0 radical (unpaired) electrons. The molecule has 7 heteroatoms. The molecule has 0 saturated heterocycles. The van der Waals surface area contributed by atoms with Gasteiger partial charge in [0, 0.05) is 34.1 Å². The Labute approximate surface area is 173 Å². The number of pyridine rings is 2. The smallest absolute Gasteiger partial charge is 0.260 e. The van der Waals surface area contributed by atoms with E-state index in [1.807, 2.05) is 43.3 Å². The Morgan fingerprint density at radius 1 is 1.17 bits per heavy atom. The first kappa shape index (κ1) is 18.7. The van der Waals surface area contributed by atoms with Crippen LogP contribution in [0.1, 0.15) is 37.4 Å². The maximum atomic E-state index is 13.7. The van der Waals surface area contributed by atoms with Crippen LogP contribution >= 0.6 is 0 Å². The van der Waals surface area contributed by atoms with Gasteiger partial charge in [-0.1, -0.05) is 18.2 Å². The van der Waals surface area contributed by atoms with Crippen LogP contribution in [0.15, 0.2) is 47.4 Å². The molecule has 152 valence electrons. The van der Waals surface area contributed by atoms with Gasteiger partial charge in [-0.05, 0) is 50.8 Å². The molecule has 1 aliphatic carbocycles. The average Bonchev–Trinajstić information content (AvgIpc) is 2.73. The highest BCUT2D eigenvalue weighted by Crippen LogP contribution is 2.32. The van der Waals surface area contributed by atoms with Gasteiger partial charge in [0.05, 0.1) is 17.3 Å². The number of aryl methyl sites for hydroxylation is 1. The lowest BCUT2D eigenvalue weighted by atomic mass is 9.92. The van der Waals surface area contributed by atoms with Crippen LogP contribution < -0.4 is 11.3 Å². The van der Waals surface area contributed by atoms with Crippen molar-refractivity contribution in [2.75, 3.05) is 5.73 Å². The Bertz CT molecular complexity index is 1330. The third-order valence-corrected chi connectivity index (χ3v) is 5.98. The molecule has 5 rings (SSSR count). The molecule has 4 aromatic rings. The van der Waals surface area contributed by atoms with Crippen molar-refractivity contribution in [3.8, 4) is 11.1 Å². The lowest BCUT2D eigenvalue weighted by Gasteiger charge is -2.29. The van der Waals surface area contributed by atoms with Gasteiger partial charge in [0.2, 0.25) is 5.95 Å².